The highest BCUT2D eigenvalue weighted by Crippen LogP contribution is 2.34. The molecule has 10 heteroatoms. The number of benzene rings is 3. The predicted octanol–water partition coefficient (Wildman–Crippen LogP) is 3.98. The van der Waals surface area contributed by atoms with Crippen LogP contribution in [0.4, 0.5) is 11.4 Å². The zero-order valence-electron chi connectivity index (χ0n) is 20.2. The Hall–Kier alpha value is -4.99. The molecule has 2 heterocycles. The van der Waals surface area contributed by atoms with Crippen LogP contribution in [0, 0.1) is 0 Å². The molecule has 1 aliphatic heterocycles. The molecule has 0 saturated carbocycles. The first-order valence-electron chi connectivity index (χ1n) is 11.4. The van der Waals surface area contributed by atoms with Crippen molar-refractivity contribution >= 4 is 17.3 Å². The van der Waals surface area contributed by atoms with E-state index in [9.17, 15) is 9.59 Å². The Labute approximate surface area is 212 Å². The highest BCUT2D eigenvalue weighted by Gasteiger charge is 2.16. The number of amides is 1. The Morgan fingerprint density at radius 1 is 1.00 bits per heavy atom. The number of carbonyl (C=O) groups excluding carboxylic acids is 1. The summed E-state index contributed by atoms with van der Waals surface area (Å²) in [6, 6.07) is 19.4. The van der Waals surface area contributed by atoms with Crippen molar-refractivity contribution < 1.29 is 23.7 Å². The van der Waals surface area contributed by atoms with Gasteiger partial charge in [0.25, 0.3) is 11.5 Å². The lowest BCUT2D eigenvalue weighted by atomic mass is 10.1. The highest BCUT2D eigenvalue weighted by atomic mass is 16.7. The maximum atomic E-state index is 12.9. The number of ether oxygens (including phenoxy) is 4. The van der Waals surface area contributed by atoms with E-state index >= 15 is 0 Å². The number of fused-ring (bicyclic) bond motifs is 1. The molecule has 0 fully saturated rings. The molecule has 5 rings (SSSR count). The van der Waals surface area contributed by atoms with E-state index in [-0.39, 0.29) is 24.1 Å². The second kappa shape index (κ2) is 10.3. The lowest BCUT2D eigenvalue weighted by molar-refractivity contribution is 0.0951. The van der Waals surface area contributed by atoms with Gasteiger partial charge in [0, 0.05) is 24.8 Å². The van der Waals surface area contributed by atoms with Crippen LogP contribution in [0.1, 0.15) is 15.9 Å². The van der Waals surface area contributed by atoms with Crippen molar-refractivity contribution in [2.24, 2.45) is 7.05 Å². The average molecular weight is 501 g/mol. The minimum atomic E-state index is -0.398. The topological polar surface area (TPSA) is 113 Å². The van der Waals surface area contributed by atoms with Gasteiger partial charge >= 0.3 is 0 Å². The zero-order valence-corrected chi connectivity index (χ0v) is 20.2. The number of rotatable bonds is 8. The third-order valence-electron chi connectivity index (χ3n) is 5.68. The van der Waals surface area contributed by atoms with Gasteiger partial charge in [-0.05, 0) is 48.0 Å². The number of methoxy groups -OCH3 is 1. The fourth-order valence-corrected chi connectivity index (χ4v) is 3.76. The van der Waals surface area contributed by atoms with Gasteiger partial charge in [0.2, 0.25) is 6.79 Å². The number of para-hydroxylation sites is 2. The Balaban J connectivity index is 1.34. The summed E-state index contributed by atoms with van der Waals surface area (Å²) >= 11 is 0. The Morgan fingerprint density at radius 2 is 1.81 bits per heavy atom. The fraction of sp³-hybridized carbons (Fsp3) is 0.148. The summed E-state index contributed by atoms with van der Waals surface area (Å²) in [6.45, 7) is 0.506. The van der Waals surface area contributed by atoms with Crippen molar-refractivity contribution in [3.63, 3.8) is 0 Å². The van der Waals surface area contributed by atoms with E-state index in [1.165, 1.54) is 18.0 Å². The van der Waals surface area contributed by atoms with Crippen LogP contribution in [-0.2, 0) is 13.6 Å². The van der Waals surface area contributed by atoms with Gasteiger partial charge < -0.3 is 29.6 Å². The summed E-state index contributed by atoms with van der Waals surface area (Å²) < 4.78 is 23.2. The van der Waals surface area contributed by atoms with Gasteiger partial charge in [-0.25, -0.2) is 4.68 Å². The number of hydrogen-bond donors (Lipinski definition) is 2. The molecule has 1 aromatic heterocycles. The molecule has 10 nitrogen and oxygen atoms in total. The summed E-state index contributed by atoms with van der Waals surface area (Å²) in [4.78, 5) is 25.8. The van der Waals surface area contributed by atoms with Crippen molar-refractivity contribution in [2.75, 3.05) is 19.2 Å². The molecule has 4 aromatic rings. The summed E-state index contributed by atoms with van der Waals surface area (Å²) in [6.07, 6.45) is 1.44. The molecule has 0 saturated heterocycles. The fourth-order valence-electron chi connectivity index (χ4n) is 3.76. The second-order valence-electron chi connectivity index (χ2n) is 8.14. The van der Waals surface area contributed by atoms with Crippen molar-refractivity contribution in [1.29, 1.82) is 0 Å². The van der Waals surface area contributed by atoms with Gasteiger partial charge in [-0.2, -0.15) is 5.10 Å². The third kappa shape index (κ3) is 5.18. The molecule has 0 spiro atoms. The standard InChI is InChI=1S/C27H24N4O6/c1-31-27(33)25(24(15-29-31)37-22-9-4-3-8-20(22)34-2)30-19-7-5-6-18(13-19)26(32)28-14-17-10-11-21-23(12-17)36-16-35-21/h3-13,15,30H,14,16H2,1-2H3,(H,28,32). The first kappa shape index (κ1) is 23.7. The Bertz CT molecular complexity index is 1520. The molecule has 3 aromatic carbocycles. The van der Waals surface area contributed by atoms with E-state index in [0.717, 1.165) is 5.56 Å². The maximum Gasteiger partial charge on any atom is 0.294 e. The van der Waals surface area contributed by atoms with E-state index in [1.807, 2.05) is 24.3 Å². The molecule has 188 valence electrons. The van der Waals surface area contributed by atoms with Gasteiger partial charge in [-0.1, -0.05) is 24.3 Å². The quantitative estimate of drug-likeness (QED) is 0.374. The molecule has 0 atom stereocenters. The molecular formula is C27H24N4O6. The summed E-state index contributed by atoms with van der Waals surface area (Å²) in [5.41, 5.74) is 1.60. The minimum Gasteiger partial charge on any atom is -0.493 e. The predicted molar refractivity (Wildman–Crippen MR) is 136 cm³/mol. The zero-order chi connectivity index (χ0) is 25.8. The summed E-state index contributed by atoms with van der Waals surface area (Å²) in [5, 5.41) is 10.1. The SMILES string of the molecule is COc1ccccc1Oc1cnn(C)c(=O)c1Nc1cccc(C(=O)NCc2ccc3c(c2)OCO3)c1. The van der Waals surface area contributed by atoms with E-state index < -0.39 is 5.56 Å². The number of aryl methyl sites for hydroxylation is 1. The minimum absolute atomic E-state index is 0.168. The number of aromatic nitrogens is 2. The van der Waals surface area contributed by atoms with Crippen LogP contribution < -0.4 is 35.1 Å². The van der Waals surface area contributed by atoms with E-state index in [2.05, 4.69) is 15.7 Å². The molecule has 1 amide bonds. The smallest absolute Gasteiger partial charge is 0.294 e. The highest BCUT2D eigenvalue weighted by molar-refractivity contribution is 5.95. The lowest BCUT2D eigenvalue weighted by Gasteiger charge is -2.15. The van der Waals surface area contributed by atoms with Crippen LogP contribution in [0.2, 0.25) is 0 Å². The summed E-state index contributed by atoms with van der Waals surface area (Å²) in [5.74, 6) is 2.22. The van der Waals surface area contributed by atoms with Crippen LogP contribution in [0.15, 0.2) is 77.7 Å². The monoisotopic (exact) mass is 500 g/mol. The van der Waals surface area contributed by atoms with Gasteiger partial charge in [-0.15, -0.1) is 0 Å². The van der Waals surface area contributed by atoms with Gasteiger partial charge in [0.15, 0.2) is 34.4 Å². The van der Waals surface area contributed by atoms with Crippen LogP contribution >= 0.6 is 0 Å². The molecule has 0 radical (unpaired) electrons. The first-order valence-corrected chi connectivity index (χ1v) is 11.4. The van der Waals surface area contributed by atoms with Gasteiger partial charge in [0.1, 0.15) is 0 Å². The molecule has 0 unspecified atom stereocenters. The number of carbonyl (C=O) groups is 1. The number of hydrogen-bond acceptors (Lipinski definition) is 8. The van der Waals surface area contributed by atoms with Crippen molar-refractivity contribution in [2.45, 2.75) is 6.54 Å². The maximum absolute atomic E-state index is 12.9. The van der Waals surface area contributed by atoms with E-state index in [4.69, 9.17) is 18.9 Å². The Kier molecular flexibility index (Phi) is 6.62. The second-order valence-corrected chi connectivity index (χ2v) is 8.14. The Morgan fingerprint density at radius 3 is 2.65 bits per heavy atom. The van der Waals surface area contributed by atoms with Gasteiger partial charge in [0.05, 0.1) is 13.3 Å². The summed E-state index contributed by atoms with van der Waals surface area (Å²) in [7, 11) is 3.08. The molecule has 1 aliphatic rings. The number of nitrogens with one attached hydrogen (secondary N) is 2. The largest absolute Gasteiger partial charge is 0.493 e. The first-order chi connectivity index (χ1) is 18.0. The molecule has 0 aliphatic carbocycles. The van der Waals surface area contributed by atoms with E-state index in [1.54, 1.807) is 49.5 Å². The normalized spacial score (nSPS) is 11.6. The van der Waals surface area contributed by atoms with Crippen LogP contribution in [0.25, 0.3) is 0 Å². The van der Waals surface area contributed by atoms with Crippen molar-refractivity contribution in [3.05, 3.63) is 94.4 Å². The van der Waals surface area contributed by atoms with Crippen LogP contribution in [0.3, 0.4) is 0 Å². The average Bonchev–Trinajstić information content (AvgIpc) is 3.40. The molecular weight excluding hydrogens is 476 g/mol. The van der Waals surface area contributed by atoms with Crippen molar-refractivity contribution in [3.8, 4) is 28.7 Å². The lowest BCUT2D eigenvalue weighted by Crippen LogP contribution is -2.23. The molecule has 37 heavy (non-hydrogen) atoms. The molecule has 0 bridgehead atoms. The molecule has 2 N–H and O–H groups in total. The van der Waals surface area contributed by atoms with Crippen molar-refractivity contribution in [1.82, 2.24) is 15.1 Å². The van der Waals surface area contributed by atoms with Crippen LogP contribution in [-0.4, -0.2) is 29.6 Å². The number of nitrogens with zero attached hydrogens (tertiary/aromatic N) is 2. The third-order valence-corrected chi connectivity index (χ3v) is 5.68. The van der Waals surface area contributed by atoms with Crippen LogP contribution in [0.5, 0.6) is 28.7 Å². The van der Waals surface area contributed by atoms with E-state index in [0.29, 0.717) is 40.8 Å². The number of anilines is 2. The van der Waals surface area contributed by atoms with Gasteiger partial charge in [-0.3, -0.25) is 9.59 Å².